The van der Waals surface area contributed by atoms with Gasteiger partial charge in [-0.2, -0.15) is 0 Å². The fourth-order valence-electron chi connectivity index (χ4n) is 1.75. The van der Waals surface area contributed by atoms with Gasteiger partial charge in [0.15, 0.2) is 17.5 Å². The van der Waals surface area contributed by atoms with Crippen molar-refractivity contribution in [2.45, 2.75) is 6.42 Å². The summed E-state index contributed by atoms with van der Waals surface area (Å²) in [4.78, 5) is 23.5. The molecule has 2 rings (SSSR count). The lowest BCUT2D eigenvalue weighted by atomic mass is 10.2. The van der Waals surface area contributed by atoms with Crippen molar-refractivity contribution in [1.29, 1.82) is 0 Å². The molecule has 24 heavy (non-hydrogen) atoms. The molecule has 2 amide bonds. The van der Waals surface area contributed by atoms with E-state index in [1.165, 1.54) is 18.2 Å². The molecule has 0 spiro atoms. The van der Waals surface area contributed by atoms with Crippen molar-refractivity contribution in [2.24, 2.45) is 0 Å². The molecule has 2 aromatic carbocycles. The Hall–Kier alpha value is -2.25. The van der Waals surface area contributed by atoms with Crippen LogP contribution in [0, 0.1) is 17.5 Å². The largest absolute Gasteiger partial charge is 0.324 e. The number of benzene rings is 2. The molecule has 0 aromatic heterocycles. The van der Waals surface area contributed by atoms with Crippen molar-refractivity contribution < 1.29 is 22.8 Å². The fourth-order valence-corrected chi connectivity index (χ4v) is 2.20. The molecule has 126 valence electrons. The number of carbonyl (C=O) groups excluding carboxylic acids is 2. The topological polar surface area (TPSA) is 58.2 Å². The number of nitrogens with one attached hydrogen (secondary N) is 2. The zero-order valence-electron chi connectivity index (χ0n) is 11.8. The summed E-state index contributed by atoms with van der Waals surface area (Å²) in [7, 11) is 0. The first-order chi connectivity index (χ1) is 11.3. The Kier molecular flexibility index (Phi) is 5.69. The number of halogens is 5. The summed E-state index contributed by atoms with van der Waals surface area (Å²) in [6.45, 7) is 0. The number of amides is 2. The molecule has 0 bridgehead atoms. The van der Waals surface area contributed by atoms with Gasteiger partial charge in [0, 0.05) is 5.02 Å². The van der Waals surface area contributed by atoms with Crippen LogP contribution in [0.4, 0.5) is 24.5 Å². The Bertz CT molecular complexity index is 816. The van der Waals surface area contributed by atoms with Crippen LogP contribution < -0.4 is 10.6 Å². The second kappa shape index (κ2) is 7.55. The molecule has 0 unspecified atom stereocenters. The number of rotatable bonds is 4. The minimum atomic E-state index is -1.72. The van der Waals surface area contributed by atoms with Crippen molar-refractivity contribution in [3.8, 4) is 0 Å². The summed E-state index contributed by atoms with van der Waals surface area (Å²) in [6, 6.07) is 5.83. The van der Waals surface area contributed by atoms with Crippen LogP contribution in [0.2, 0.25) is 10.0 Å². The predicted molar refractivity (Wildman–Crippen MR) is 84.7 cm³/mol. The molecule has 2 aromatic rings. The van der Waals surface area contributed by atoms with Crippen LogP contribution in [0.15, 0.2) is 30.3 Å². The van der Waals surface area contributed by atoms with Crippen LogP contribution in [0.3, 0.4) is 0 Å². The average molecular weight is 377 g/mol. The normalized spacial score (nSPS) is 10.4. The van der Waals surface area contributed by atoms with Gasteiger partial charge in [-0.25, -0.2) is 13.2 Å². The van der Waals surface area contributed by atoms with E-state index in [4.69, 9.17) is 23.2 Å². The number of anilines is 2. The summed E-state index contributed by atoms with van der Waals surface area (Å²) >= 11 is 11.6. The molecule has 0 aliphatic heterocycles. The van der Waals surface area contributed by atoms with Crippen LogP contribution in [0.5, 0.6) is 0 Å². The first kappa shape index (κ1) is 18.1. The maximum absolute atomic E-state index is 13.4. The average Bonchev–Trinajstić information content (AvgIpc) is 2.50. The second-order valence-electron chi connectivity index (χ2n) is 4.62. The zero-order valence-corrected chi connectivity index (χ0v) is 13.3. The Labute approximate surface area is 144 Å². The third-order valence-corrected chi connectivity index (χ3v) is 3.38. The van der Waals surface area contributed by atoms with Gasteiger partial charge in [-0.05, 0) is 30.3 Å². The van der Waals surface area contributed by atoms with Crippen molar-refractivity contribution in [2.75, 3.05) is 10.6 Å². The number of hydrogen-bond acceptors (Lipinski definition) is 2. The summed E-state index contributed by atoms with van der Waals surface area (Å²) in [5.74, 6) is -6.31. The fraction of sp³-hybridized carbons (Fsp3) is 0.0667. The Balaban J connectivity index is 1.99. The maximum Gasteiger partial charge on any atom is 0.233 e. The van der Waals surface area contributed by atoms with E-state index in [1.807, 2.05) is 5.32 Å². The standard InChI is InChI=1S/C15H9Cl2F3N2O2/c16-7-1-3-10(8(17)5-7)21-12(23)6-13(24)22-11-4-2-9(18)14(19)15(11)20/h1-5H,6H2,(H,21,23)(H,22,24). The van der Waals surface area contributed by atoms with E-state index >= 15 is 0 Å². The lowest BCUT2D eigenvalue weighted by Crippen LogP contribution is -2.22. The molecule has 0 fully saturated rings. The van der Waals surface area contributed by atoms with Gasteiger partial charge in [0.2, 0.25) is 11.8 Å². The van der Waals surface area contributed by atoms with Gasteiger partial charge in [0.05, 0.1) is 16.4 Å². The van der Waals surface area contributed by atoms with E-state index in [9.17, 15) is 22.8 Å². The summed E-state index contributed by atoms with van der Waals surface area (Å²) in [6.07, 6.45) is -0.683. The van der Waals surface area contributed by atoms with Gasteiger partial charge >= 0.3 is 0 Å². The molecule has 0 aliphatic carbocycles. The zero-order chi connectivity index (χ0) is 17.9. The molecule has 0 atom stereocenters. The summed E-state index contributed by atoms with van der Waals surface area (Å²) in [5, 5.41) is 4.89. The van der Waals surface area contributed by atoms with Crippen molar-refractivity contribution in [1.82, 2.24) is 0 Å². The smallest absolute Gasteiger partial charge is 0.233 e. The van der Waals surface area contributed by atoms with E-state index in [0.717, 1.165) is 6.07 Å². The highest BCUT2D eigenvalue weighted by atomic mass is 35.5. The van der Waals surface area contributed by atoms with E-state index in [2.05, 4.69) is 5.32 Å². The molecule has 9 heteroatoms. The van der Waals surface area contributed by atoms with Crippen LogP contribution in [0.1, 0.15) is 6.42 Å². The highest BCUT2D eigenvalue weighted by molar-refractivity contribution is 6.36. The minimum Gasteiger partial charge on any atom is -0.324 e. The highest BCUT2D eigenvalue weighted by Gasteiger charge is 2.17. The van der Waals surface area contributed by atoms with Crippen LogP contribution >= 0.6 is 23.2 Å². The molecule has 4 nitrogen and oxygen atoms in total. The molecule has 0 aliphatic rings. The van der Waals surface area contributed by atoms with Crippen molar-refractivity contribution in [3.05, 3.63) is 57.8 Å². The van der Waals surface area contributed by atoms with Gasteiger partial charge in [-0.15, -0.1) is 0 Å². The first-order valence-electron chi connectivity index (χ1n) is 6.46. The van der Waals surface area contributed by atoms with Gasteiger partial charge in [-0.1, -0.05) is 23.2 Å². The van der Waals surface area contributed by atoms with Crippen LogP contribution in [-0.2, 0) is 9.59 Å². The van der Waals surface area contributed by atoms with E-state index in [-0.39, 0.29) is 10.7 Å². The van der Waals surface area contributed by atoms with Crippen molar-refractivity contribution >= 4 is 46.4 Å². The monoisotopic (exact) mass is 376 g/mol. The third-order valence-electron chi connectivity index (χ3n) is 2.84. The van der Waals surface area contributed by atoms with E-state index < -0.39 is 41.4 Å². The van der Waals surface area contributed by atoms with Crippen LogP contribution in [0.25, 0.3) is 0 Å². The van der Waals surface area contributed by atoms with E-state index in [0.29, 0.717) is 11.1 Å². The quantitative estimate of drug-likeness (QED) is 0.614. The summed E-state index contributed by atoms with van der Waals surface area (Å²) < 4.78 is 39.3. The molecule has 2 N–H and O–H groups in total. The first-order valence-corrected chi connectivity index (χ1v) is 7.21. The maximum atomic E-state index is 13.4. The lowest BCUT2D eigenvalue weighted by molar-refractivity contribution is -0.123. The van der Waals surface area contributed by atoms with Gasteiger partial charge in [0.25, 0.3) is 0 Å². The van der Waals surface area contributed by atoms with Crippen LogP contribution in [-0.4, -0.2) is 11.8 Å². The Morgan fingerprint density at radius 1 is 0.875 bits per heavy atom. The third kappa shape index (κ3) is 4.39. The van der Waals surface area contributed by atoms with Crippen molar-refractivity contribution in [3.63, 3.8) is 0 Å². The molecule has 0 saturated heterocycles. The molecule has 0 heterocycles. The van der Waals surface area contributed by atoms with E-state index in [1.54, 1.807) is 0 Å². The SMILES string of the molecule is O=C(CC(=O)Nc1ccc(F)c(F)c1F)Nc1ccc(Cl)cc1Cl. The molecular formula is C15H9Cl2F3N2O2. The molecular weight excluding hydrogens is 368 g/mol. The molecule has 0 radical (unpaired) electrons. The number of hydrogen-bond donors (Lipinski definition) is 2. The van der Waals surface area contributed by atoms with Gasteiger partial charge in [-0.3, -0.25) is 9.59 Å². The second-order valence-corrected chi connectivity index (χ2v) is 5.46. The Morgan fingerprint density at radius 3 is 2.08 bits per heavy atom. The lowest BCUT2D eigenvalue weighted by Gasteiger charge is -2.09. The highest BCUT2D eigenvalue weighted by Crippen LogP contribution is 2.25. The van der Waals surface area contributed by atoms with Gasteiger partial charge in [0.1, 0.15) is 6.42 Å². The summed E-state index contributed by atoms with van der Waals surface area (Å²) in [5.41, 5.74) is -0.339. The Morgan fingerprint density at radius 2 is 1.46 bits per heavy atom. The van der Waals surface area contributed by atoms with Gasteiger partial charge < -0.3 is 10.6 Å². The predicted octanol–water partition coefficient (Wildman–Crippen LogP) is 4.38. The molecule has 0 saturated carbocycles. The minimum absolute atomic E-state index is 0.169. The number of carbonyl (C=O) groups is 2.